The molecule has 1 aromatic carbocycles. The van der Waals surface area contributed by atoms with Gasteiger partial charge in [-0.25, -0.2) is 4.39 Å². The van der Waals surface area contributed by atoms with Crippen molar-refractivity contribution >= 4 is 5.69 Å². The standard InChI is InChI=1S/C15H20FN/c1-9-6-10(2)17-14-8-13(16)12(7-11(9)14)15(3,4)5/h7-9,17H,2,6H2,1,3-5H3. The Hall–Kier alpha value is -1.31. The highest BCUT2D eigenvalue weighted by atomic mass is 19.1. The van der Waals surface area contributed by atoms with Gasteiger partial charge in [-0.15, -0.1) is 0 Å². The molecular formula is C15H20FN. The Labute approximate surface area is 103 Å². The Morgan fingerprint density at radius 3 is 2.59 bits per heavy atom. The van der Waals surface area contributed by atoms with E-state index in [0.717, 1.165) is 23.4 Å². The number of rotatable bonds is 0. The summed E-state index contributed by atoms with van der Waals surface area (Å²) in [5.74, 6) is 0.270. The van der Waals surface area contributed by atoms with Crippen LogP contribution in [0.15, 0.2) is 24.4 Å². The Bertz CT molecular complexity index is 469. The molecule has 2 heteroatoms. The van der Waals surface area contributed by atoms with Crippen LogP contribution in [0.25, 0.3) is 0 Å². The van der Waals surface area contributed by atoms with E-state index in [1.807, 2.05) is 26.8 Å². The number of nitrogens with one attached hydrogen (secondary N) is 1. The van der Waals surface area contributed by atoms with Crippen molar-refractivity contribution in [1.82, 2.24) is 0 Å². The monoisotopic (exact) mass is 233 g/mol. The molecule has 1 heterocycles. The largest absolute Gasteiger partial charge is 0.359 e. The fraction of sp³-hybridized carbons (Fsp3) is 0.467. The normalized spacial score (nSPS) is 19.8. The zero-order chi connectivity index (χ0) is 12.8. The van der Waals surface area contributed by atoms with E-state index in [0.29, 0.717) is 5.92 Å². The van der Waals surface area contributed by atoms with Gasteiger partial charge in [-0.3, -0.25) is 0 Å². The predicted molar refractivity (Wildman–Crippen MR) is 70.9 cm³/mol. The summed E-state index contributed by atoms with van der Waals surface area (Å²) in [5.41, 5.74) is 3.67. The lowest BCUT2D eigenvalue weighted by Gasteiger charge is -2.29. The molecule has 0 amide bonds. The summed E-state index contributed by atoms with van der Waals surface area (Å²) in [4.78, 5) is 0. The highest BCUT2D eigenvalue weighted by Gasteiger charge is 2.25. The summed E-state index contributed by atoms with van der Waals surface area (Å²) < 4.78 is 14.1. The number of hydrogen-bond acceptors (Lipinski definition) is 1. The quantitative estimate of drug-likeness (QED) is 0.693. The number of benzene rings is 1. The molecule has 1 aromatic rings. The Kier molecular flexibility index (Phi) is 2.76. The third kappa shape index (κ3) is 2.21. The molecule has 0 aliphatic carbocycles. The van der Waals surface area contributed by atoms with Crippen molar-refractivity contribution in [1.29, 1.82) is 0 Å². The Balaban J connectivity index is 2.56. The van der Waals surface area contributed by atoms with Gasteiger partial charge in [0.15, 0.2) is 0 Å². The van der Waals surface area contributed by atoms with E-state index in [2.05, 4.69) is 18.8 Å². The molecule has 17 heavy (non-hydrogen) atoms. The SMILES string of the molecule is C=C1CC(C)c2cc(C(C)(C)C)c(F)cc2N1. The third-order valence-corrected chi connectivity index (χ3v) is 3.34. The van der Waals surface area contributed by atoms with Crippen LogP contribution in [0.3, 0.4) is 0 Å². The third-order valence-electron chi connectivity index (χ3n) is 3.34. The second kappa shape index (κ2) is 3.86. The number of hydrogen-bond donors (Lipinski definition) is 1. The van der Waals surface area contributed by atoms with Gasteiger partial charge in [-0.2, -0.15) is 0 Å². The van der Waals surface area contributed by atoms with E-state index in [9.17, 15) is 4.39 Å². The van der Waals surface area contributed by atoms with Crippen LogP contribution >= 0.6 is 0 Å². The number of anilines is 1. The second-order valence-corrected chi connectivity index (χ2v) is 6.00. The first-order chi connectivity index (χ1) is 7.79. The molecule has 1 atom stereocenters. The van der Waals surface area contributed by atoms with Crippen LogP contribution in [-0.4, -0.2) is 0 Å². The predicted octanol–water partition coefficient (Wildman–Crippen LogP) is 4.56. The van der Waals surface area contributed by atoms with Gasteiger partial charge in [0, 0.05) is 11.4 Å². The average Bonchev–Trinajstić information content (AvgIpc) is 2.13. The number of halogens is 1. The zero-order valence-electron chi connectivity index (χ0n) is 11.0. The lowest BCUT2D eigenvalue weighted by atomic mass is 9.82. The van der Waals surface area contributed by atoms with Gasteiger partial charge in [0.05, 0.1) is 0 Å². The molecule has 2 rings (SSSR count). The van der Waals surface area contributed by atoms with Crippen molar-refractivity contribution in [2.24, 2.45) is 0 Å². The van der Waals surface area contributed by atoms with E-state index in [-0.39, 0.29) is 11.2 Å². The topological polar surface area (TPSA) is 12.0 Å². The van der Waals surface area contributed by atoms with Gasteiger partial charge in [-0.05, 0) is 34.9 Å². The van der Waals surface area contributed by atoms with Crippen LogP contribution in [0.5, 0.6) is 0 Å². The van der Waals surface area contributed by atoms with Crippen LogP contribution in [-0.2, 0) is 5.41 Å². The summed E-state index contributed by atoms with van der Waals surface area (Å²) in [6.45, 7) is 12.2. The minimum atomic E-state index is -0.159. The van der Waals surface area contributed by atoms with Crippen molar-refractivity contribution in [3.8, 4) is 0 Å². The first-order valence-corrected chi connectivity index (χ1v) is 6.08. The molecule has 1 nitrogen and oxygen atoms in total. The maximum absolute atomic E-state index is 14.1. The molecule has 1 N–H and O–H groups in total. The molecule has 1 aliphatic rings. The molecule has 1 unspecified atom stereocenters. The number of allylic oxidation sites excluding steroid dienone is 1. The van der Waals surface area contributed by atoms with Crippen molar-refractivity contribution in [3.05, 3.63) is 41.4 Å². The minimum Gasteiger partial charge on any atom is -0.359 e. The Morgan fingerprint density at radius 2 is 2.00 bits per heavy atom. The molecule has 0 saturated carbocycles. The first-order valence-electron chi connectivity index (χ1n) is 6.08. The van der Waals surface area contributed by atoms with Gasteiger partial charge < -0.3 is 5.32 Å². The lowest BCUT2D eigenvalue weighted by Crippen LogP contribution is -2.18. The van der Waals surface area contributed by atoms with E-state index in [1.54, 1.807) is 6.07 Å². The van der Waals surface area contributed by atoms with Crippen LogP contribution < -0.4 is 5.32 Å². The van der Waals surface area contributed by atoms with Gasteiger partial charge >= 0.3 is 0 Å². The van der Waals surface area contributed by atoms with Crippen molar-refractivity contribution in [3.63, 3.8) is 0 Å². The lowest BCUT2D eigenvalue weighted by molar-refractivity contribution is 0.520. The molecular weight excluding hydrogens is 213 g/mol. The second-order valence-electron chi connectivity index (χ2n) is 6.00. The van der Waals surface area contributed by atoms with Gasteiger partial charge in [0.2, 0.25) is 0 Å². The molecule has 0 saturated heterocycles. The summed E-state index contributed by atoms with van der Waals surface area (Å²) in [6.07, 6.45) is 0.919. The van der Waals surface area contributed by atoms with Crippen LogP contribution in [0.2, 0.25) is 0 Å². The molecule has 0 spiro atoms. The van der Waals surface area contributed by atoms with E-state index in [1.165, 1.54) is 5.56 Å². The molecule has 0 bridgehead atoms. The smallest absolute Gasteiger partial charge is 0.129 e. The number of fused-ring (bicyclic) bond motifs is 1. The highest BCUT2D eigenvalue weighted by molar-refractivity contribution is 5.61. The zero-order valence-corrected chi connectivity index (χ0v) is 11.0. The van der Waals surface area contributed by atoms with E-state index >= 15 is 0 Å². The fourth-order valence-electron chi connectivity index (χ4n) is 2.40. The minimum absolute atomic E-state index is 0.134. The van der Waals surface area contributed by atoms with Crippen LogP contribution in [0.1, 0.15) is 51.2 Å². The fourth-order valence-corrected chi connectivity index (χ4v) is 2.40. The van der Waals surface area contributed by atoms with Gasteiger partial charge in [0.25, 0.3) is 0 Å². The van der Waals surface area contributed by atoms with E-state index in [4.69, 9.17) is 0 Å². The molecule has 0 fully saturated rings. The Morgan fingerprint density at radius 1 is 1.35 bits per heavy atom. The van der Waals surface area contributed by atoms with Crippen molar-refractivity contribution in [2.75, 3.05) is 5.32 Å². The summed E-state index contributed by atoms with van der Waals surface area (Å²) in [5, 5.41) is 3.18. The maximum Gasteiger partial charge on any atom is 0.129 e. The highest BCUT2D eigenvalue weighted by Crippen LogP contribution is 2.38. The molecule has 1 aliphatic heterocycles. The molecule has 0 aromatic heterocycles. The van der Waals surface area contributed by atoms with Gasteiger partial charge in [0.1, 0.15) is 5.82 Å². The molecule has 0 radical (unpaired) electrons. The van der Waals surface area contributed by atoms with Gasteiger partial charge in [-0.1, -0.05) is 40.3 Å². The van der Waals surface area contributed by atoms with Crippen LogP contribution in [0.4, 0.5) is 10.1 Å². The first kappa shape index (κ1) is 12.2. The van der Waals surface area contributed by atoms with Crippen LogP contribution in [0, 0.1) is 5.82 Å². The van der Waals surface area contributed by atoms with Crippen molar-refractivity contribution < 1.29 is 4.39 Å². The maximum atomic E-state index is 14.1. The van der Waals surface area contributed by atoms with Crippen molar-refractivity contribution in [2.45, 2.75) is 45.4 Å². The summed E-state index contributed by atoms with van der Waals surface area (Å²) >= 11 is 0. The summed E-state index contributed by atoms with van der Waals surface area (Å²) in [7, 11) is 0. The van der Waals surface area contributed by atoms with E-state index < -0.39 is 0 Å². The molecule has 92 valence electrons. The summed E-state index contributed by atoms with van der Waals surface area (Å²) in [6, 6.07) is 3.62. The average molecular weight is 233 g/mol.